The van der Waals surface area contributed by atoms with E-state index in [4.69, 9.17) is 5.26 Å². The minimum Gasteiger partial charge on any atom is -0.353 e. The lowest BCUT2D eigenvalue weighted by molar-refractivity contribution is 1.44. The van der Waals surface area contributed by atoms with E-state index in [0.717, 1.165) is 20.3 Å². The first-order valence-electron chi connectivity index (χ1n) is 4.92. The van der Waals surface area contributed by atoms with Gasteiger partial charge in [-0.15, -0.1) is 0 Å². The molecular weight excluding hydrogens is 344 g/mol. The summed E-state index contributed by atoms with van der Waals surface area (Å²) in [6.45, 7) is 0. The number of benzene rings is 2. The SMILES string of the molecule is N#Cc1c(Br)cccc1Nc1ccccc1Br. The van der Waals surface area contributed by atoms with Crippen molar-refractivity contribution in [1.82, 2.24) is 0 Å². The Morgan fingerprint density at radius 3 is 2.24 bits per heavy atom. The van der Waals surface area contributed by atoms with Crippen LogP contribution < -0.4 is 5.32 Å². The van der Waals surface area contributed by atoms with Gasteiger partial charge in [0.05, 0.1) is 16.9 Å². The van der Waals surface area contributed by atoms with Gasteiger partial charge < -0.3 is 5.32 Å². The fourth-order valence-corrected chi connectivity index (χ4v) is 2.29. The molecule has 1 N–H and O–H groups in total. The van der Waals surface area contributed by atoms with Crippen molar-refractivity contribution < 1.29 is 0 Å². The van der Waals surface area contributed by atoms with Crippen LogP contribution in [-0.4, -0.2) is 0 Å². The molecule has 0 saturated carbocycles. The van der Waals surface area contributed by atoms with Crippen LogP contribution in [0.4, 0.5) is 11.4 Å². The van der Waals surface area contributed by atoms with Crippen molar-refractivity contribution in [2.24, 2.45) is 0 Å². The molecular formula is C13H8Br2N2. The molecule has 0 radical (unpaired) electrons. The third-order valence-corrected chi connectivity index (χ3v) is 3.62. The van der Waals surface area contributed by atoms with E-state index in [-0.39, 0.29) is 0 Å². The predicted molar refractivity (Wildman–Crippen MR) is 76.3 cm³/mol. The van der Waals surface area contributed by atoms with E-state index >= 15 is 0 Å². The maximum absolute atomic E-state index is 9.11. The summed E-state index contributed by atoms with van der Waals surface area (Å²) in [4.78, 5) is 0. The molecule has 0 amide bonds. The van der Waals surface area contributed by atoms with Gasteiger partial charge >= 0.3 is 0 Å². The highest BCUT2D eigenvalue weighted by Gasteiger charge is 2.07. The number of nitriles is 1. The molecule has 0 aliphatic heterocycles. The van der Waals surface area contributed by atoms with Gasteiger partial charge in [0.15, 0.2) is 0 Å². The zero-order valence-corrected chi connectivity index (χ0v) is 11.9. The number of rotatable bonds is 2. The summed E-state index contributed by atoms with van der Waals surface area (Å²) in [6, 6.07) is 15.6. The minimum atomic E-state index is 0.600. The van der Waals surface area contributed by atoms with Crippen LogP contribution >= 0.6 is 31.9 Å². The molecule has 2 aromatic carbocycles. The molecule has 84 valence electrons. The zero-order chi connectivity index (χ0) is 12.3. The quantitative estimate of drug-likeness (QED) is 0.841. The lowest BCUT2D eigenvalue weighted by Crippen LogP contribution is -1.94. The first kappa shape index (κ1) is 12.2. The van der Waals surface area contributed by atoms with Gasteiger partial charge in [-0.05, 0) is 56.1 Å². The Hall–Kier alpha value is -1.31. The lowest BCUT2D eigenvalue weighted by atomic mass is 10.2. The number of nitrogens with zero attached hydrogens (tertiary/aromatic N) is 1. The van der Waals surface area contributed by atoms with E-state index < -0.39 is 0 Å². The van der Waals surface area contributed by atoms with E-state index in [9.17, 15) is 0 Å². The van der Waals surface area contributed by atoms with Gasteiger partial charge in [0.2, 0.25) is 0 Å². The van der Waals surface area contributed by atoms with Crippen molar-refractivity contribution in [1.29, 1.82) is 5.26 Å². The van der Waals surface area contributed by atoms with Gasteiger partial charge in [0.1, 0.15) is 6.07 Å². The summed E-state index contributed by atoms with van der Waals surface area (Å²) < 4.78 is 1.75. The van der Waals surface area contributed by atoms with Gasteiger partial charge in [-0.3, -0.25) is 0 Å². The maximum Gasteiger partial charge on any atom is 0.103 e. The third kappa shape index (κ3) is 2.68. The zero-order valence-electron chi connectivity index (χ0n) is 8.74. The van der Waals surface area contributed by atoms with Crippen molar-refractivity contribution >= 4 is 43.2 Å². The molecule has 0 saturated heterocycles. The summed E-state index contributed by atoms with van der Waals surface area (Å²) in [7, 11) is 0. The van der Waals surface area contributed by atoms with E-state index in [1.807, 2.05) is 42.5 Å². The average molecular weight is 352 g/mol. The Bertz CT molecular complexity index is 588. The van der Waals surface area contributed by atoms with Crippen LogP contribution in [0.2, 0.25) is 0 Å². The summed E-state index contributed by atoms with van der Waals surface area (Å²) in [6.07, 6.45) is 0. The first-order chi connectivity index (χ1) is 8.22. The van der Waals surface area contributed by atoms with Gasteiger partial charge in [-0.1, -0.05) is 18.2 Å². The van der Waals surface area contributed by atoms with Crippen LogP contribution in [0.5, 0.6) is 0 Å². The van der Waals surface area contributed by atoms with Crippen molar-refractivity contribution in [2.45, 2.75) is 0 Å². The van der Waals surface area contributed by atoms with Crippen LogP contribution in [0.15, 0.2) is 51.4 Å². The molecule has 2 nitrogen and oxygen atoms in total. The van der Waals surface area contributed by atoms with Crippen molar-refractivity contribution in [2.75, 3.05) is 5.32 Å². The highest BCUT2D eigenvalue weighted by atomic mass is 79.9. The lowest BCUT2D eigenvalue weighted by Gasteiger charge is -2.10. The molecule has 4 heteroatoms. The Balaban J connectivity index is 2.41. The van der Waals surface area contributed by atoms with Gasteiger partial charge in [-0.2, -0.15) is 5.26 Å². The molecule has 17 heavy (non-hydrogen) atoms. The number of hydrogen-bond acceptors (Lipinski definition) is 2. The smallest absolute Gasteiger partial charge is 0.103 e. The molecule has 0 atom stereocenters. The standard InChI is InChI=1S/C13H8Br2N2/c14-10-5-3-7-12(9(10)8-16)17-13-6-2-1-4-11(13)15/h1-7,17H. The normalized spacial score (nSPS) is 9.71. The molecule has 0 aliphatic rings. The van der Waals surface area contributed by atoms with Crippen LogP contribution in [-0.2, 0) is 0 Å². The average Bonchev–Trinajstić information content (AvgIpc) is 2.32. The second-order valence-corrected chi connectivity index (χ2v) is 5.09. The van der Waals surface area contributed by atoms with E-state index in [1.165, 1.54) is 0 Å². The van der Waals surface area contributed by atoms with Crippen molar-refractivity contribution in [3.63, 3.8) is 0 Å². The minimum absolute atomic E-state index is 0.600. The molecule has 0 fully saturated rings. The highest BCUT2D eigenvalue weighted by molar-refractivity contribution is 9.11. The first-order valence-corrected chi connectivity index (χ1v) is 6.51. The monoisotopic (exact) mass is 350 g/mol. The molecule has 2 rings (SSSR count). The van der Waals surface area contributed by atoms with Crippen LogP contribution in [0.25, 0.3) is 0 Å². The van der Waals surface area contributed by atoms with Crippen molar-refractivity contribution in [3.8, 4) is 6.07 Å². The van der Waals surface area contributed by atoms with Crippen LogP contribution in [0, 0.1) is 11.3 Å². The largest absolute Gasteiger partial charge is 0.353 e. The van der Waals surface area contributed by atoms with E-state index in [0.29, 0.717) is 5.56 Å². The fraction of sp³-hybridized carbons (Fsp3) is 0. The summed E-state index contributed by atoms with van der Waals surface area (Å²) in [5.41, 5.74) is 2.32. The number of anilines is 2. The molecule has 0 unspecified atom stereocenters. The molecule has 0 spiro atoms. The number of para-hydroxylation sites is 1. The third-order valence-electron chi connectivity index (χ3n) is 2.27. The van der Waals surface area contributed by atoms with Crippen molar-refractivity contribution in [3.05, 3.63) is 57.0 Å². The summed E-state index contributed by atoms with van der Waals surface area (Å²) >= 11 is 6.83. The fourth-order valence-electron chi connectivity index (χ4n) is 1.45. The molecule has 0 bridgehead atoms. The van der Waals surface area contributed by atoms with Gasteiger partial charge in [0, 0.05) is 8.95 Å². The highest BCUT2D eigenvalue weighted by Crippen LogP contribution is 2.30. The molecule has 0 aromatic heterocycles. The molecule has 0 heterocycles. The van der Waals surface area contributed by atoms with Gasteiger partial charge in [0.25, 0.3) is 0 Å². The molecule has 2 aromatic rings. The maximum atomic E-state index is 9.11. The summed E-state index contributed by atoms with van der Waals surface area (Å²) in [5.74, 6) is 0. The van der Waals surface area contributed by atoms with E-state index in [2.05, 4.69) is 43.2 Å². The van der Waals surface area contributed by atoms with E-state index in [1.54, 1.807) is 0 Å². The number of halogens is 2. The van der Waals surface area contributed by atoms with Crippen LogP contribution in [0.1, 0.15) is 5.56 Å². The van der Waals surface area contributed by atoms with Crippen LogP contribution in [0.3, 0.4) is 0 Å². The Kier molecular flexibility index (Phi) is 3.82. The molecule has 0 aliphatic carbocycles. The second-order valence-electron chi connectivity index (χ2n) is 3.38. The Morgan fingerprint density at radius 2 is 1.53 bits per heavy atom. The number of hydrogen-bond donors (Lipinski definition) is 1. The summed E-state index contributed by atoms with van der Waals surface area (Å²) in [5, 5.41) is 12.3. The number of nitrogens with one attached hydrogen (secondary N) is 1. The Labute approximate surface area is 117 Å². The van der Waals surface area contributed by atoms with Gasteiger partial charge in [-0.25, -0.2) is 0 Å². The topological polar surface area (TPSA) is 35.8 Å². The predicted octanol–water partition coefficient (Wildman–Crippen LogP) is 4.83. The Morgan fingerprint density at radius 1 is 0.882 bits per heavy atom. The second kappa shape index (κ2) is 5.35.